The van der Waals surface area contributed by atoms with Crippen molar-refractivity contribution in [1.29, 1.82) is 0 Å². The zero-order chi connectivity index (χ0) is 26.2. The first-order chi connectivity index (χ1) is 16.2. The molecule has 0 aliphatic rings. The second kappa shape index (κ2) is 11.5. The van der Waals surface area contributed by atoms with Gasteiger partial charge < -0.3 is 25.8 Å². The quantitative estimate of drug-likeness (QED) is 0.367. The highest BCUT2D eigenvalue weighted by Gasteiger charge is 2.20. The molecule has 0 atom stereocenters. The van der Waals surface area contributed by atoms with Gasteiger partial charge in [0.15, 0.2) is 0 Å². The van der Waals surface area contributed by atoms with Crippen LogP contribution in [0.3, 0.4) is 0 Å². The van der Waals surface area contributed by atoms with Crippen LogP contribution in [-0.2, 0) is 16.0 Å². The van der Waals surface area contributed by atoms with Crippen LogP contribution < -0.4 is 21.7 Å². The summed E-state index contributed by atoms with van der Waals surface area (Å²) in [5, 5.41) is 8.05. The summed E-state index contributed by atoms with van der Waals surface area (Å²) < 4.78 is 10.4. The normalized spacial score (nSPS) is 11.9. The summed E-state index contributed by atoms with van der Waals surface area (Å²) in [7, 11) is 0. The first kappa shape index (κ1) is 27.3. The van der Waals surface area contributed by atoms with Crippen molar-refractivity contribution < 1.29 is 23.9 Å². The second-order valence-corrected chi connectivity index (χ2v) is 9.63. The lowest BCUT2D eigenvalue weighted by atomic mass is 10.1. The number of nitrogens with two attached hydrogens (primary N) is 1. The summed E-state index contributed by atoms with van der Waals surface area (Å²) in [6, 6.07) is 13.6. The average molecular weight is 484 g/mol. The number of hydrogen-bond donors (Lipinski definition) is 4. The van der Waals surface area contributed by atoms with Crippen molar-refractivity contribution in [2.24, 2.45) is 10.7 Å². The molecule has 0 aliphatic heterocycles. The van der Waals surface area contributed by atoms with E-state index in [-0.39, 0.29) is 11.9 Å². The molecule has 0 aromatic heterocycles. The largest absolute Gasteiger partial charge is 0.444 e. The molecular formula is C25H33N5O5. The smallest absolute Gasteiger partial charge is 0.437 e. The molecular weight excluding hydrogens is 450 g/mol. The van der Waals surface area contributed by atoms with Crippen LogP contribution in [0.25, 0.3) is 0 Å². The molecule has 0 saturated heterocycles. The van der Waals surface area contributed by atoms with Gasteiger partial charge in [-0.2, -0.15) is 0 Å². The van der Waals surface area contributed by atoms with E-state index in [1.807, 2.05) is 12.1 Å². The Morgan fingerprint density at radius 2 is 1.31 bits per heavy atom. The standard InChI is InChI=1S/C25H33N5O5/c1-24(2,3)34-22(32)29-21(30-23(33)35-25(4,5)6)28-19-13-9-17(10-14-19)20(31)27-18-11-7-16(15-26)8-12-18/h7-14H,15,26H2,1-6H3,(H,27,31)(H2,28,29,30,32,33). The number of benzene rings is 2. The molecule has 3 amide bonds. The van der Waals surface area contributed by atoms with Crippen molar-refractivity contribution in [3.05, 3.63) is 59.7 Å². The molecule has 2 aromatic rings. The van der Waals surface area contributed by atoms with Gasteiger partial charge in [0.25, 0.3) is 5.91 Å². The maximum atomic E-state index is 12.5. The van der Waals surface area contributed by atoms with E-state index in [9.17, 15) is 14.4 Å². The molecule has 10 heteroatoms. The van der Waals surface area contributed by atoms with E-state index in [4.69, 9.17) is 15.2 Å². The molecule has 0 radical (unpaired) electrons. The maximum absolute atomic E-state index is 12.5. The summed E-state index contributed by atoms with van der Waals surface area (Å²) in [6.07, 6.45) is -1.70. The van der Waals surface area contributed by atoms with Crippen molar-refractivity contribution in [2.75, 3.05) is 10.6 Å². The van der Waals surface area contributed by atoms with Crippen molar-refractivity contribution in [3.63, 3.8) is 0 Å². The average Bonchev–Trinajstić information content (AvgIpc) is 2.72. The molecule has 10 nitrogen and oxygen atoms in total. The SMILES string of the molecule is CC(C)(C)OC(=O)/N=C(/NC(=O)OC(C)(C)C)Nc1ccc(C(=O)Nc2ccc(CN)cc2)cc1. The second-order valence-electron chi connectivity index (χ2n) is 9.63. The molecule has 0 unspecified atom stereocenters. The van der Waals surface area contributed by atoms with Gasteiger partial charge in [-0.1, -0.05) is 12.1 Å². The van der Waals surface area contributed by atoms with Gasteiger partial charge in [0.1, 0.15) is 11.2 Å². The highest BCUT2D eigenvalue weighted by molar-refractivity contribution is 6.07. The van der Waals surface area contributed by atoms with Gasteiger partial charge in [0.05, 0.1) is 0 Å². The van der Waals surface area contributed by atoms with Crippen LogP contribution in [0.5, 0.6) is 0 Å². The van der Waals surface area contributed by atoms with Crippen LogP contribution in [0.1, 0.15) is 57.5 Å². The summed E-state index contributed by atoms with van der Waals surface area (Å²) in [5.74, 6) is -0.489. The number of ether oxygens (including phenoxy) is 2. The number of amides is 3. The Hall–Kier alpha value is -3.92. The molecule has 188 valence electrons. The van der Waals surface area contributed by atoms with E-state index in [1.165, 1.54) is 0 Å². The van der Waals surface area contributed by atoms with Crippen LogP contribution in [0, 0.1) is 0 Å². The fourth-order valence-electron chi connectivity index (χ4n) is 2.63. The summed E-state index contributed by atoms with van der Waals surface area (Å²) in [4.78, 5) is 40.7. The number of aliphatic imine (C=N–C) groups is 1. The lowest BCUT2D eigenvalue weighted by Gasteiger charge is -2.21. The number of nitrogens with zero attached hydrogens (tertiary/aromatic N) is 1. The third-order valence-electron chi connectivity index (χ3n) is 4.07. The highest BCUT2D eigenvalue weighted by atomic mass is 16.6. The lowest BCUT2D eigenvalue weighted by molar-refractivity contribution is 0.0562. The van der Waals surface area contributed by atoms with Gasteiger partial charge in [-0.15, -0.1) is 4.99 Å². The number of carbonyl (C=O) groups excluding carboxylic acids is 3. The molecule has 0 heterocycles. The van der Waals surface area contributed by atoms with Gasteiger partial charge in [0.2, 0.25) is 5.96 Å². The van der Waals surface area contributed by atoms with Gasteiger partial charge >= 0.3 is 12.2 Å². The minimum absolute atomic E-state index is 0.189. The number of guanidine groups is 1. The zero-order valence-corrected chi connectivity index (χ0v) is 20.9. The first-order valence-electron chi connectivity index (χ1n) is 11.0. The molecule has 35 heavy (non-hydrogen) atoms. The molecule has 2 rings (SSSR count). The predicted octanol–water partition coefficient (Wildman–Crippen LogP) is 4.63. The molecule has 0 spiro atoms. The molecule has 0 bridgehead atoms. The van der Waals surface area contributed by atoms with E-state index in [0.717, 1.165) is 5.56 Å². The highest BCUT2D eigenvalue weighted by Crippen LogP contribution is 2.15. The van der Waals surface area contributed by atoms with Crippen molar-refractivity contribution in [3.8, 4) is 0 Å². The van der Waals surface area contributed by atoms with E-state index in [2.05, 4.69) is 20.9 Å². The third kappa shape index (κ3) is 10.3. The van der Waals surface area contributed by atoms with E-state index < -0.39 is 23.4 Å². The van der Waals surface area contributed by atoms with Gasteiger partial charge in [-0.05, 0) is 83.5 Å². The minimum atomic E-state index is -0.896. The Labute approximate surface area is 205 Å². The monoisotopic (exact) mass is 483 g/mol. The molecule has 0 fully saturated rings. The van der Waals surface area contributed by atoms with E-state index in [1.54, 1.807) is 77.9 Å². The zero-order valence-electron chi connectivity index (χ0n) is 20.9. The van der Waals surface area contributed by atoms with Crippen molar-refractivity contribution >= 4 is 35.4 Å². The van der Waals surface area contributed by atoms with Gasteiger partial charge in [0, 0.05) is 23.5 Å². The molecule has 0 saturated carbocycles. The summed E-state index contributed by atoms with van der Waals surface area (Å²) >= 11 is 0. The number of alkyl carbamates (subject to hydrolysis) is 1. The minimum Gasteiger partial charge on any atom is -0.444 e. The fraction of sp³-hybridized carbons (Fsp3) is 0.360. The van der Waals surface area contributed by atoms with Crippen LogP contribution in [-0.4, -0.2) is 35.3 Å². The number of carbonyl (C=O) groups is 3. The van der Waals surface area contributed by atoms with Gasteiger partial charge in [-0.25, -0.2) is 9.59 Å². The first-order valence-corrected chi connectivity index (χ1v) is 11.0. The fourth-order valence-corrected chi connectivity index (χ4v) is 2.63. The van der Waals surface area contributed by atoms with Crippen LogP contribution in [0.2, 0.25) is 0 Å². The summed E-state index contributed by atoms with van der Waals surface area (Å²) in [6.45, 7) is 10.6. The van der Waals surface area contributed by atoms with Crippen LogP contribution in [0.4, 0.5) is 21.0 Å². The summed E-state index contributed by atoms with van der Waals surface area (Å²) in [5.41, 5.74) is 6.55. The van der Waals surface area contributed by atoms with E-state index in [0.29, 0.717) is 23.5 Å². The molecule has 5 N–H and O–H groups in total. The maximum Gasteiger partial charge on any atom is 0.437 e. The van der Waals surface area contributed by atoms with Crippen molar-refractivity contribution in [2.45, 2.75) is 59.3 Å². The lowest BCUT2D eigenvalue weighted by Crippen LogP contribution is -2.40. The van der Waals surface area contributed by atoms with Crippen molar-refractivity contribution in [1.82, 2.24) is 5.32 Å². The van der Waals surface area contributed by atoms with Gasteiger partial charge in [-0.3, -0.25) is 10.1 Å². The Balaban J connectivity index is 2.13. The number of rotatable bonds is 4. The third-order valence-corrected chi connectivity index (χ3v) is 4.07. The topological polar surface area (TPSA) is 144 Å². The molecule has 2 aromatic carbocycles. The van der Waals surface area contributed by atoms with E-state index >= 15 is 0 Å². The Morgan fingerprint density at radius 3 is 1.83 bits per heavy atom. The van der Waals surface area contributed by atoms with Crippen LogP contribution in [0.15, 0.2) is 53.5 Å². The number of nitrogens with one attached hydrogen (secondary N) is 3. The van der Waals surface area contributed by atoms with Crippen LogP contribution >= 0.6 is 0 Å². The predicted molar refractivity (Wildman–Crippen MR) is 135 cm³/mol. The number of anilines is 2. The Morgan fingerprint density at radius 1 is 0.800 bits per heavy atom. The Kier molecular flexibility index (Phi) is 8.96. The molecule has 0 aliphatic carbocycles. The Bertz CT molecular complexity index is 1070. The number of hydrogen-bond acceptors (Lipinski definition) is 6.